The van der Waals surface area contributed by atoms with Crippen LogP contribution in [0.1, 0.15) is 51.9 Å². The molecule has 0 aromatic heterocycles. The third kappa shape index (κ3) is 3.52. The van der Waals surface area contributed by atoms with Crippen molar-refractivity contribution in [2.45, 2.75) is 75.8 Å². The van der Waals surface area contributed by atoms with E-state index in [1.807, 2.05) is 0 Å². The molecule has 18 heavy (non-hydrogen) atoms. The maximum absolute atomic E-state index is 6.46. The second-order valence-corrected chi connectivity index (χ2v) is 7.43. The Hall–Kier alpha value is 1.38. The van der Waals surface area contributed by atoms with Crippen LogP contribution in [0.25, 0.3) is 0 Å². The topological polar surface area (TPSA) is 18.5 Å². The van der Waals surface area contributed by atoms with Crippen LogP contribution in [0.15, 0.2) is 0 Å². The normalized spacial score (nSPS) is 39.8. The first kappa shape index (κ1) is 15.8. The van der Waals surface area contributed by atoms with Crippen LogP contribution < -0.4 is 0 Å². The fraction of sp³-hybridized carbons (Fsp3) is 1.00. The van der Waals surface area contributed by atoms with Crippen LogP contribution in [-0.4, -0.2) is 32.8 Å². The summed E-state index contributed by atoms with van der Waals surface area (Å²) in [4.78, 5) is 0. The van der Waals surface area contributed by atoms with E-state index in [4.69, 9.17) is 9.47 Å². The fourth-order valence-corrected chi connectivity index (χ4v) is 4.88. The van der Waals surface area contributed by atoms with Crippen molar-refractivity contribution in [2.75, 3.05) is 8.86 Å². The number of hydrogen-bond acceptors (Lipinski definition) is 2. The van der Waals surface area contributed by atoms with Gasteiger partial charge in [0.2, 0.25) is 0 Å². The number of unbranched alkanes of at least 4 members (excludes halogenated alkanes) is 1. The van der Waals surface area contributed by atoms with E-state index in [1.165, 1.54) is 43.0 Å². The van der Waals surface area contributed by atoms with Gasteiger partial charge in [0.25, 0.3) is 0 Å². The van der Waals surface area contributed by atoms with Gasteiger partial charge in [-0.05, 0) is 25.7 Å². The number of alkyl halides is 2. The first-order valence-electron chi connectivity index (χ1n) is 7.19. The minimum Gasteiger partial charge on any atom is -0.372 e. The molecule has 2 aliphatic heterocycles. The molecule has 2 fully saturated rings. The van der Waals surface area contributed by atoms with Gasteiger partial charge in [-0.3, -0.25) is 0 Å². The van der Waals surface area contributed by atoms with E-state index in [-0.39, 0.29) is 5.60 Å². The highest BCUT2D eigenvalue weighted by atomic mass is 127. The number of hydrogen-bond donors (Lipinski definition) is 0. The van der Waals surface area contributed by atoms with E-state index in [1.54, 1.807) is 0 Å². The Balaban J connectivity index is 1.96. The molecule has 2 unspecified atom stereocenters. The van der Waals surface area contributed by atoms with Gasteiger partial charge >= 0.3 is 0 Å². The Morgan fingerprint density at radius 1 is 1.17 bits per heavy atom. The van der Waals surface area contributed by atoms with E-state index in [9.17, 15) is 0 Å². The minimum absolute atomic E-state index is 0.0354. The Morgan fingerprint density at radius 2 is 2.00 bits per heavy atom. The number of ether oxygens (including phenoxy) is 2. The zero-order valence-electron chi connectivity index (χ0n) is 11.2. The van der Waals surface area contributed by atoms with E-state index in [2.05, 4.69) is 52.1 Å². The van der Waals surface area contributed by atoms with Crippen molar-refractivity contribution in [1.82, 2.24) is 0 Å². The predicted molar refractivity (Wildman–Crippen MR) is 92.0 cm³/mol. The summed E-state index contributed by atoms with van der Waals surface area (Å²) in [5.41, 5.74) is 0.0354. The summed E-state index contributed by atoms with van der Waals surface area (Å²) >= 11 is 4.95. The second-order valence-electron chi connectivity index (χ2n) is 5.59. The second kappa shape index (κ2) is 7.41. The lowest BCUT2D eigenvalue weighted by Gasteiger charge is -2.41. The van der Waals surface area contributed by atoms with Crippen LogP contribution in [-0.2, 0) is 9.47 Å². The smallest absolute Gasteiger partial charge is 0.106 e. The Bertz CT molecular complexity index is 262. The van der Waals surface area contributed by atoms with Gasteiger partial charge in [0, 0.05) is 15.3 Å². The van der Waals surface area contributed by atoms with Crippen molar-refractivity contribution in [3.63, 3.8) is 0 Å². The fourth-order valence-electron chi connectivity index (χ4n) is 3.20. The molecular weight excluding hydrogens is 454 g/mol. The lowest BCUT2D eigenvalue weighted by Crippen LogP contribution is -2.49. The maximum Gasteiger partial charge on any atom is 0.106 e. The third-order valence-electron chi connectivity index (χ3n) is 4.21. The van der Waals surface area contributed by atoms with Gasteiger partial charge in [-0.1, -0.05) is 64.9 Å². The molecule has 0 radical (unpaired) electrons. The number of fused-ring (bicyclic) bond motifs is 1. The largest absolute Gasteiger partial charge is 0.372 e. The van der Waals surface area contributed by atoms with Crippen LogP contribution in [0.3, 0.4) is 0 Å². The average molecular weight is 478 g/mol. The molecule has 106 valence electrons. The molecule has 2 rings (SSSR count). The summed E-state index contributed by atoms with van der Waals surface area (Å²) in [6.07, 6.45) is 9.76. The molecule has 0 aliphatic carbocycles. The van der Waals surface area contributed by atoms with Gasteiger partial charge in [-0.2, -0.15) is 0 Å². The molecule has 4 heteroatoms. The van der Waals surface area contributed by atoms with Gasteiger partial charge < -0.3 is 9.47 Å². The summed E-state index contributed by atoms with van der Waals surface area (Å²) in [7, 11) is 0. The van der Waals surface area contributed by atoms with Crippen LogP contribution >= 0.6 is 45.2 Å². The van der Waals surface area contributed by atoms with Crippen molar-refractivity contribution in [1.29, 1.82) is 0 Å². The Kier molecular flexibility index (Phi) is 6.49. The van der Waals surface area contributed by atoms with Gasteiger partial charge in [0.1, 0.15) is 5.60 Å². The highest BCUT2D eigenvalue weighted by Gasteiger charge is 2.51. The van der Waals surface area contributed by atoms with Crippen molar-refractivity contribution >= 4 is 45.2 Å². The zero-order chi connectivity index (χ0) is 13.0. The van der Waals surface area contributed by atoms with E-state index in [0.717, 1.165) is 10.8 Å². The number of halogens is 2. The van der Waals surface area contributed by atoms with E-state index < -0.39 is 0 Å². The molecule has 0 spiro atoms. The van der Waals surface area contributed by atoms with Crippen LogP contribution in [0.5, 0.6) is 0 Å². The molecule has 2 saturated heterocycles. The lowest BCUT2D eigenvalue weighted by molar-refractivity contribution is -0.151. The summed E-state index contributed by atoms with van der Waals surface area (Å²) in [6, 6.07) is 0. The van der Waals surface area contributed by atoms with Gasteiger partial charge in [0.15, 0.2) is 0 Å². The molecule has 0 bridgehead atoms. The van der Waals surface area contributed by atoms with E-state index in [0.29, 0.717) is 18.3 Å². The number of rotatable bonds is 6. The van der Waals surface area contributed by atoms with Crippen molar-refractivity contribution < 1.29 is 9.47 Å². The van der Waals surface area contributed by atoms with Crippen molar-refractivity contribution in [3.8, 4) is 0 Å². The molecule has 0 aromatic rings. The minimum atomic E-state index is 0.0354. The highest BCUT2D eigenvalue weighted by Crippen LogP contribution is 2.44. The monoisotopic (exact) mass is 478 g/mol. The van der Waals surface area contributed by atoms with Gasteiger partial charge in [-0.25, -0.2) is 0 Å². The predicted octanol–water partition coefficient (Wildman–Crippen LogP) is 4.51. The molecule has 0 aromatic carbocycles. The Morgan fingerprint density at radius 3 is 2.67 bits per heavy atom. The summed E-state index contributed by atoms with van der Waals surface area (Å²) in [5, 5.41) is 0. The summed E-state index contributed by atoms with van der Waals surface area (Å²) in [6.45, 7) is 2.25. The standard InChI is InChI=1S/C14H24I2O2/c1-2-3-4-12-9-14(10-16)13(17-12)6-5-11(18-14)7-8-15/h11-13H,2-10H2,1H3/t11?,12-,13-,14?/m0/s1. The van der Waals surface area contributed by atoms with Crippen LogP contribution in [0.4, 0.5) is 0 Å². The van der Waals surface area contributed by atoms with Crippen LogP contribution in [0.2, 0.25) is 0 Å². The molecule has 2 heterocycles. The van der Waals surface area contributed by atoms with Crippen molar-refractivity contribution in [3.05, 3.63) is 0 Å². The average Bonchev–Trinajstić information content (AvgIpc) is 2.75. The molecular formula is C14H24I2O2. The first-order valence-corrected chi connectivity index (χ1v) is 10.2. The molecule has 0 saturated carbocycles. The first-order chi connectivity index (χ1) is 8.74. The zero-order valence-corrected chi connectivity index (χ0v) is 15.5. The maximum atomic E-state index is 6.46. The molecule has 4 atom stereocenters. The molecule has 2 aliphatic rings. The SMILES string of the molecule is CCCC[C@H]1CC2(CI)OC(CCI)CC[C@@H]2O1. The van der Waals surface area contributed by atoms with Crippen molar-refractivity contribution in [2.24, 2.45) is 0 Å². The molecule has 0 N–H and O–H groups in total. The highest BCUT2D eigenvalue weighted by molar-refractivity contribution is 14.1. The molecule has 0 amide bonds. The Labute approximate surface area is 138 Å². The van der Waals surface area contributed by atoms with E-state index >= 15 is 0 Å². The summed E-state index contributed by atoms with van der Waals surface area (Å²) in [5.74, 6) is 0. The van der Waals surface area contributed by atoms with Gasteiger partial charge in [-0.15, -0.1) is 0 Å². The quantitative estimate of drug-likeness (QED) is 0.414. The molecule has 2 nitrogen and oxygen atoms in total. The van der Waals surface area contributed by atoms with Gasteiger partial charge in [0.05, 0.1) is 18.3 Å². The lowest BCUT2D eigenvalue weighted by atomic mass is 9.87. The third-order valence-corrected chi connectivity index (χ3v) is 6.12. The van der Waals surface area contributed by atoms with Crippen LogP contribution in [0, 0.1) is 0 Å². The summed E-state index contributed by atoms with van der Waals surface area (Å²) < 4.78 is 15.0.